The SMILES string of the molecule is COP(=S)(OC)SCS(=O)c1ccc(Cl)cc1. The Bertz CT molecular complexity index is 430. The molecule has 8 heteroatoms. The first kappa shape index (κ1) is 15.6. The second-order valence-electron chi connectivity index (χ2n) is 2.86. The highest BCUT2D eigenvalue weighted by Gasteiger charge is 2.18. The van der Waals surface area contributed by atoms with Crippen molar-refractivity contribution in [3.63, 3.8) is 0 Å². The van der Waals surface area contributed by atoms with Gasteiger partial charge in [0, 0.05) is 24.1 Å². The molecule has 96 valence electrons. The van der Waals surface area contributed by atoms with Gasteiger partial charge in [-0.1, -0.05) is 23.0 Å². The van der Waals surface area contributed by atoms with Gasteiger partial charge in [-0.25, -0.2) is 0 Å². The van der Waals surface area contributed by atoms with E-state index in [9.17, 15) is 4.21 Å². The first-order chi connectivity index (χ1) is 8.00. The summed E-state index contributed by atoms with van der Waals surface area (Å²) in [5.41, 5.74) is -2.33. The quantitative estimate of drug-likeness (QED) is 0.744. The average molecular weight is 331 g/mol. The third-order valence-electron chi connectivity index (χ3n) is 1.84. The molecule has 0 saturated carbocycles. The molecule has 3 nitrogen and oxygen atoms in total. The standard InChI is InChI=1S/C9H12ClO3PS3/c1-12-14(15,13-2)16-7-17(11)9-5-3-8(10)4-6-9/h3-6H,7H2,1-2H3. The van der Waals surface area contributed by atoms with Crippen LogP contribution in [0.4, 0.5) is 0 Å². The smallest absolute Gasteiger partial charge is 0.247 e. The summed E-state index contributed by atoms with van der Waals surface area (Å²) in [6, 6.07) is 6.90. The van der Waals surface area contributed by atoms with Gasteiger partial charge in [0.15, 0.2) is 0 Å². The molecule has 0 amide bonds. The molecule has 0 bridgehead atoms. The number of halogens is 1. The van der Waals surface area contributed by atoms with E-state index in [1.165, 1.54) is 25.6 Å². The molecular formula is C9H12ClO3PS3. The number of hydrogen-bond donors (Lipinski definition) is 0. The summed E-state index contributed by atoms with van der Waals surface area (Å²) in [7, 11) is 1.87. The molecule has 1 atom stereocenters. The van der Waals surface area contributed by atoms with Crippen LogP contribution in [0.5, 0.6) is 0 Å². The zero-order chi connectivity index (χ0) is 12.9. The van der Waals surface area contributed by atoms with E-state index in [2.05, 4.69) is 0 Å². The van der Waals surface area contributed by atoms with Crippen LogP contribution in [0.2, 0.25) is 5.02 Å². The lowest BCUT2D eigenvalue weighted by Crippen LogP contribution is -1.95. The van der Waals surface area contributed by atoms with Crippen molar-refractivity contribution in [2.75, 3.05) is 19.3 Å². The third-order valence-corrected chi connectivity index (χ3v) is 10.0. The Morgan fingerprint density at radius 1 is 1.35 bits per heavy atom. The Labute approximate surface area is 118 Å². The minimum absolute atomic E-state index is 0.348. The summed E-state index contributed by atoms with van der Waals surface area (Å²) in [5, 5.41) is 0.970. The maximum absolute atomic E-state index is 11.9. The summed E-state index contributed by atoms with van der Waals surface area (Å²) in [4.78, 5) is 0.718. The van der Waals surface area contributed by atoms with Crippen molar-refractivity contribution in [1.82, 2.24) is 0 Å². The first-order valence-corrected chi connectivity index (χ1v) is 10.4. The number of hydrogen-bond acceptors (Lipinski definition) is 5. The molecule has 0 aliphatic rings. The van der Waals surface area contributed by atoms with Gasteiger partial charge in [-0.3, -0.25) is 4.21 Å². The maximum Gasteiger partial charge on any atom is 0.247 e. The van der Waals surface area contributed by atoms with Crippen LogP contribution in [0.15, 0.2) is 29.2 Å². The zero-order valence-corrected chi connectivity index (χ0v) is 13.4. The maximum atomic E-state index is 11.9. The summed E-state index contributed by atoms with van der Waals surface area (Å²) >= 11 is 12.2. The third kappa shape index (κ3) is 4.99. The van der Waals surface area contributed by atoms with Crippen LogP contribution >= 0.6 is 28.7 Å². The van der Waals surface area contributed by atoms with Crippen LogP contribution in [0.3, 0.4) is 0 Å². The fourth-order valence-electron chi connectivity index (χ4n) is 0.947. The Kier molecular flexibility index (Phi) is 6.66. The summed E-state index contributed by atoms with van der Waals surface area (Å²) in [6.07, 6.45) is 0. The van der Waals surface area contributed by atoms with Gasteiger partial charge in [-0.05, 0) is 36.1 Å². The molecule has 0 fully saturated rings. The van der Waals surface area contributed by atoms with Crippen molar-refractivity contribution in [3.05, 3.63) is 29.3 Å². The molecule has 1 aromatic rings. The monoisotopic (exact) mass is 330 g/mol. The van der Waals surface area contributed by atoms with Gasteiger partial charge >= 0.3 is 0 Å². The highest BCUT2D eigenvalue weighted by molar-refractivity contribution is 8.69. The van der Waals surface area contributed by atoms with E-state index >= 15 is 0 Å². The van der Waals surface area contributed by atoms with E-state index in [1.807, 2.05) is 0 Å². The molecule has 0 spiro atoms. The van der Waals surface area contributed by atoms with Crippen molar-refractivity contribution in [3.8, 4) is 0 Å². The summed E-state index contributed by atoms with van der Waals surface area (Å²) in [5.74, 6) is 0. The van der Waals surface area contributed by atoms with Crippen molar-refractivity contribution in [1.29, 1.82) is 0 Å². The summed E-state index contributed by atoms with van der Waals surface area (Å²) in [6.45, 7) is 0. The van der Waals surface area contributed by atoms with Crippen LogP contribution < -0.4 is 0 Å². The van der Waals surface area contributed by atoms with Crippen molar-refractivity contribution in [2.24, 2.45) is 0 Å². The molecule has 0 aliphatic heterocycles. The predicted molar refractivity (Wildman–Crippen MR) is 78.6 cm³/mol. The lowest BCUT2D eigenvalue weighted by molar-refractivity contribution is 0.354. The van der Waals surface area contributed by atoms with Gasteiger partial charge in [-0.15, -0.1) is 0 Å². The fourth-order valence-corrected chi connectivity index (χ4v) is 7.13. The second-order valence-corrected chi connectivity index (χ2v) is 11.6. The molecule has 0 heterocycles. The van der Waals surface area contributed by atoms with Gasteiger partial charge < -0.3 is 9.05 Å². The highest BCUT2D eigenvalue weighted by atomic mass is 35.5. The Balaban J connectivity index is 2.61. The molecule has 1 unspecified atom stereocenters. The Hall–Kier alpha value is 0.580. The minimum atomic E-state index is -2.33. The largest absolute Gasteiger partial charge is 0.325 e. The number of benzene rings is 1. The number of rotatable bonds is 6. The van der Waals surface area contributed by atoms with E-state index < -0.39 is 16.5 Å². The normalized spacial score (nSPS) is 13.6. The van der Waals surface area contributed by atoms with E-state index in [4.69, 9.17) is 32.5 Å². The van der Waals surface area contributed by atoms with E-state index in [-0.39, 0.29) is 0 Å². The molecule has 1 aromatic carbocycles. The lowest BCUT2D eigenvalue weighted by atomic mass is 10.4. The second kappa shape index (κ2) is 7.24. The molecular weight excluding hydrogens is 319 g/mol. The molecule has 0 N–H and O–H groups in total. The predicted octanol–water partition coefficient (Wildman–Crippen LogP) is 3.66. The van der Waals surface area contributed by atoms with Gasteiger partial charge in [0.25, 0.3) is 0 Å². The first-order valence-electron chi connectivity index (χ1n) is 4.51. The van der Waals surface area contributed by atoms with Gasteiger partial charge in [0.05, 0.1) is 15.9 Å². The molecule has 0 aliphatic carbocycles. The molecule has 17 heavy (non-hydrogen) atoms. The lowest BCUT2D eigenvalue weighted by Gasteiger charge is -2.15. The fraction of sp³-hybridized carbons (Fsp3) is 0.333. The average Bonchev–Trinajstić information content (AvgIpc) is 2.36. The van der Waals surface area contributed by atoms with Crippen molar-refractivity contribution >= 4 is 51.3 Å². The van der Waals surface area contributed by atoms with Crippen LogP contribution in [0.1, 0.15) is 0 Å². The Morgan fingerprint density at radius 3 is 2.35 bits per heavy atom. The van der Waals surface area contributed by atoms with Crippen LogP contribution in [-0.2, 0) is 31.7 Å². The molecule has 1 rings (SSSR count). The van der Waals surface area contributed by atoms with E-state index in [0.29, 0.717) is 10.1 Å². The van der Waals surface area contributed by atoms with Crippen LogP contribution in [0.25, 0.3) is 0 Å². The van der Waals surface area contributed by atoms with Gasteiger partial charge in [-0.2, -0.15) is 0 Å². The molecule has 0 aromatic heterocycles. The zero-order valence-electron chi connectivity index (χ0n) is 9.29. The molecule has 0 radical (unpaired) electrons. The van der Waals surface area contributed by atoms with Crippen molar-refractivity contribution < 1.29 is 13.3 Å². The van der Waals surface area contributed by atoms with Gasteiger partial charge in [0.1, 0.15) is 0 Å². The van der Waals surface area contributed by atoms with Crippen LogP contribution in [0, 0.1) is 0 Å². The van der Waals surface area contributed by atoms with Crippen LogP contribution in [-0.4, -0.2) is 23.5 Å². The van der Waals surface area contributed by atoms with E-state index in [0.717, 1.165) is 4.90 Å². The van der Waals surface area contributed by atoms with E-state index in [1.54, 1.807) is 24.3 Å². The minimum Gasteiger partial charge on any atom is -0.325 e. The Morgan fingerprint density at radius 2 is 1.88 bits per heavy atom. The topological polar surface area (TPSA) is 35.5 Å². The van der Waals surface area contributed by atoms with Crippen molar-refractivity contribution in [2.45, 2.75) is 4.90 Å². The van der Waals surface area contributed by atoms with Gasteiger partial charge in [0.2, 0.25) is 5.69 Å². The molecule has 0 saturated heterocycles. The summed E-state index contributed by atoms with van der Waals surface area (Å²) < 4.78 is 22.1. The highest BCUT2D eigenvalue weighted by Crippen LogP contribution is 2.59.